The van der Waals surface area contributed by atoms with Gasteiger partial charge in [-0.05, 0) is 48.5 Å². The van der Waals surface area contributed by atoms with E-state index in [0.29, 0.717) is 0 Å². The molecule has 0 spiro atoms. The highest BCUT2D eigenvalue weighted by Gasteiger charge is 2.54. The lowest BCUT2D eigenvalue weighted by Gasteiger charge is -2.44. The molecule has 1 unspecified atom stereocenters. The molecule has 0 radical (unpaired) electrons. The Hall–Kier alpha value is -4.94. The Balaban J connectivity index is 1.59. The summed E-state index contributed by atoms with van der Waals surface area (Å²) in [5, 5.41) is 0. The fourth-order valence-electron chi connectivity index (χ4n) is 4.83. The van der Waals surface area contributed by atoms with Gasteiger partial charge in [0.15, 0.2) is 17.0 Å². The van der Waals surface area contributed by atoms with Gasteiger partial charge in [0.05, 0.1) is 23.6 Å². The van der Waals surface area contributed by atoms with Crippen LogP contribution < -0.4 is 0 Å². The summed E-state index contributed by atoms with van der Waals surface area (Å²) in [4.78, 5) is 51.1. The van der Waals surface area contributed by atoms with Crippen LogP contribution in [0.15, 0.2) is 126 Å². The number of ether oxygens (including phenoxy) is 6. The van der Waals surface area contributed by atoms with Crippen LogP contribution in [0.5, 0.6) is 0 Å². The zero-order valence-electron chi connectivity index (χ0n) is 26.8. The molecule has 4 aromatic rings. The van der Waals surface area contributed by atoms with E-state index in [1.54, 1.807) is 72.8 Å². The van der Waals surface area contributed by atoms with Crippen molar-refractivity contribution in [2.24, 2.45) is 4.51 Å². The molecule has 0 saturated carbocycles. The van der Waals surface area contributed by atoms with Gasteiger partial charge in [0.2, 0.25) is 18.3 Å². The second kappa shape index (κ2) is 17.6. The quantitative estimate of drug-likeness (QED) is 0.0543. The van der Waals surface area contributed by atoms with Gasteiger partial charge < -0.3 is 28.4 Å². The van der Waals surface area contributed by atoms with Gasteiger partial charge in [0, 0.05) is 11.8 Å². The van der Waals surface area contributed by atoms with Crippen molar-refractivity contribution in [2.45, 2.75) is 35.5 Å². The maximum absolute atomic E-state index is 13.6. The predicted molar refractivity (Wildman–Crippen MR) is 182 cm³/mol. The SMILES string of the molecule is [2H]C(Cl)(Cl)C(=NCl)OC1O[C@H](COC(=O)c2ccccc2)[C@H](OC(=O)c2ccccc2)[C@H](OC(=O)c2ccccc2)[C@H]1OC(=O)c1ccccc1. The average Bonchev–Trinajstić information content (AvgIpc) is 3.15. The molecular weight excluding hydrogens is 713 g/mol. The predicted octanol–water partition coefficient (Wildman–Crippen LogP) is 6.62. The second-order valence-electron chi connectivity index (χ2n) is 10.5. The van der Waals surface area contributed by atoms with E-state index >= 15 is 0 Å². The Bertz CT molecular complexity index is 1830. The van der Waals surface area contributed by atoms with E-state index in [1.807, 2.05) is 0 Å². The van der Waals surface area contributed by atoms with E-state index < -0.39 is 71.9 Å². The average molecular weight is 742 g/mol. The molecule has 1 aliphatic rings. The molecule has 5 rings (SSSR count). The second-order valence-corrected chi connectivity index (χ2v) is 11.6. The van der Waals surface area contributed by atoms with Crippen LogP contribution in [-0.4, -0.2) is 71.9 Å². The number of rotatable bonds is 11. The monoisotopic (exact) mass is 740 g/mol. The van der Waals surface area contributed by atoms with Crippen LogP contribution in [0.25, 0.3) is 0 Å². The van der Waals surface area contributed by atoms with Gasteiger partial charge in [-0.25, -0.2) is 19.2 Å². The number of nitrogens with zero attached hydrogens (tertiary/aromatic N) is 1. The lowest BCUT2D eigenvalue weighted by molar-refractivity contribution is -0.279. The molecule has 1 saturated heterocycles. The molecule has 5 atom stereocenters. The number of carbonyl (C=O) groups is 4. The van der Waals surface area contributed by atoms with Crippen molar-refractivity contribution in [1.29, 1.82) is 0 Å². The Morgan fingerprint density at radius 2 is 0.980 bits per heavy atom. The number of esters is 4. The van der Waals surface area contributed by atoms with Crippen LogP contribution in [0, 0.1) is 0 Å². The summed E-state index contributed by atoms with van der Waals surface area (Å²) in [5.74, 6) is -4.31. The van der Waals surface area contributed by atoms with E-state index in [-0.39, 0.29) is 22.3 Å². The zero-order chi connectivity index (χ0) is 36.4. The maximum atomic E-state index is 13.6. The summed E-state index contributed by atoms with van der Waals surface area (Å²) in [5.41, 5.74) is 0.476. The van der Waals surface area contributed by atoms with Crippen LogP contribution in [0.1, 0.15) is 42.8 Å². The summed E-state index contributed by atoms with van der Waals surface area (Å²) in [7, 11) is 0. The Morgan fingerprint density at radius 1 is 0.600 bits per heavy atom. The maximum Gasteiger partial charge on any atom is 0.338 e. The van der Waals surface area contributed by atoms with Crippen molar-refractivity contribution >= 4 is 64.8 Å². The van der Waals surface area contributed by atoms with Crippen molar-refractivity contribution < 1.29 is 49.0 Å². The number of hydrogen-bond acceptors (Lipinski definition) is 11. The minimum atomic E-state index is -2.58. The van der Waals surface area contributed by atoms with Crippen LogP contribution in [-0.2, 0) is 28.4 Å². The van der Waals surface area contributed by atoms with Crippen molar-refractivity contribution in [1.82, 2.24) is 0 Å². The van der Waals surface area contributed by atoms with Crippen molar-refractivity contribution in [3.63, 3.8) is 0 Å². The molecule has 0 aliphatic carbocycles. The fraction of sp³-hybridized carbons (Fsp3) is 0.194. The lowest BCUT2D eigenvalue weighted by Crippen LogP contribution is -2.63. The number of hydrogen-bond donors (Lipinski definition) is 0. The molecule has 50 heavy (non-hydrogen) atoms. The van der Waals surface area contributed by atoms with Gasteiger partial charge in [0.1, 0.15) is 12.7 Å². The Kier molecular flexibility index (Phi) is 12.3. The lowest BCUT2D eigenvalue weighted by atomic mass is 9.97. The van der Waals surface area contributed by atoms with Gasteiger partial charge in [-0.15, -0.1) is 4.51 Å². The number of benzene rings is 4. The molecule has 1 fully saturated rings. The van der Waals surface area contributed by atoms with Crippen molar-refractivity contribution in [3.8, 4) is 0 Å². The minimum absolute atomic E-state index is 0.0805. The number of halogens is 3. The third-order valence-electron chi connectivity index (χ3n) is 7.20. The third-order valence-corrected chi connectivity index (χ3v) is 7.68. The molecular formula is C36H28Cl3NO10. The van der Waals surface area contributed by atoms with Gasteiger partial charge in [0.25, 0.3) is 0 Å². The normalized spacial score (nSPS) is 20.8. The standard InChI is InChI=1S/C36H28Cl3NO10/c37-30(38)31(40-39)50-36-29(49-35(44)25-19-11-4-12-20-25)28(48-34(43)24-17-9-3-10-18-24)27(47-33(42)23-15-7-2-8-16-23)26(46-36)21-45-32(41)22-13-5-1-6-14-22/h1-20,26-30,36H,21H2/t26-,27+,28+,29-,36?/m1/s1/i30D. The first-order valence-corrected chi connectivity index (χ1v) is 16.0. The van der Waals surface area contributed by atoms with Crippen molar-refractivity contribution in [2.75, 3.05) is 6.61 Å². The molecule has 258 valence electrons. The van der Waals surface area contributed by atoms with E-state index in [1.165, 1.54) is 48.5 Å². The first kappa shape index (κ1) is 34.9. The van der Waals surface area contributed by atoms with E-state index in [9.17, 15) is 19.2 Å². The molecule has 0 N–H and O–H groups in total. The summed E-state index contributed by atoms with van der Waals surface area (Å²) in [6, 6.07) is 31.5. The molecule has 11 nitrogen and oxygen atoms in total. The van der Waals surface area contributed by atoms with Crippen LogP contribution in [0.3, 0.4) is 0 Å². The van der Waals surface area contributed by atoms with Gasteiger partial charge in [-0.2, -0.15) is 0 Å². The van der Waals surface area contributed by atoms with Gasteiger partial charge >= 0.3 is 23.9 Å². The first-order valence-electron chi connectivity index (χ1n) is 15.4. The van der Waals surface area contributed by atoms with Crippen LogP contribution >= 0.6 is 35.0 Å². The highest BCUT2D eigenvalue weighted by atomic mass is 35.5. The highest BCUT2D eigenvalue weighted by molar-refractivity contribution is 6.54. The largest absolute Gasteiger partial charge is 0.459 e. The summed E-state index contributed by atoms with van der Waals surface area (Å²) >= 11 is 17.6. The summed E-state index contributed by atoms with van der Waals surface area (Å²) < 4.78 is 46.5. The summed E-state index contributed by atoms with van der Waals surface area (Å²) in [6.07, 6.45) is -8.44. The minimum Gasteiger partial charge on any atom is -0.459 e. The number of carbonyl (C=O) groups excluding carboxylic acids is 4. The molecule has 0 aromatic heterocycles. The topological polar surface area (TPSA) is 136 Å². The molecule has 1 aliphatic heterocycles. The van der Waals surface area contributed by atoms with Gasteiger partial charge in [-0.3, -0.25) is 0 Å². The Morgan fingerprint density at radius 3 is 1.38 bits per heavy atom. The van der Waals surface area contributed by atoms with Crippen LogP contribution in [0.2, 0.25) is 0 Å². The molecule has 4 aromatic carbocycles. The zero-order valence-corrected chi connectivity index (χ0v) is 28.1. The smallest absolute Gasteiger partial charge is 0.338 e. The third kappa shape index (κ3) is 9.39. The molecule has 0 bridgehead atoms. The highest BCUT2D eigenvalue weighted by Crippen LogP contribution is 2.32. The molecule has 1 heterocycles. The molecule has 0 amide bonds. The number of alkyl halides is 2. The van der Waals surface area contributed by atoms with E-state index in [2.05, 4.69) is 4.51 Å². The molecule has 14 heteroatoms. The fourth-order valence-corrected chi connectivity index (χ4v) is 5.21. The van der Waals surface area contributed by atoms with Gasteiger partial charge in [-0.1, -0.05) is 96.0 Å². The van der Waals surface area contributed by atoms with Crippen LogP contribution in [0.4, 0.5) is 0 Å². The Labute approximate surface area is 303 Å². The van der Waals surface area contributed by atoms with E-state index in [0.717, 1.165) is 0 Å². The van der Waals surface area contributed by atoms with E-state index in [4.69, 9.17) is 64.8 Å². The summed E-state index contributed by atoms with van der Waals surface area (Å²) in [6.45, 7) is -0.611. The van der Waals surface area contributed by atoms with Crippen molar-refractivity contribution in [3.05, 3.63) is 144 Å². The first-order chi connectivity index (χ1) is 24.5.